The summed E-state index contributed by atoms with van der Waals surface area (Å²) >= 11 is 12.1. The number of carbonyl (C=O) groups is 2. The maximum atomic E-state index is 12.3. The fourth-order valence-corrected chi connectivity index (χ4v) is 3.24. The molecule has 0 aliphatic carbocycles. The molecule has 0 spiro atoms. The van der Waals surface area contributed by atoms with Crippen LogP contribution in [-0.4, -0.2) is 22.9 Å². The fraction of sp³-hybridized carbons (Fsp3) is 0. The number of cyclic esters (lactones) is 1. The van der Waals surface area contributed by atoms with Crippen LogP contribution in [0, 0.1) is 0 Å². The minimum Gasteiger partial charge on any atom is -0.504 e. The van der Waals surface area contributed by atoms with Crippen LogP contribution in [0.4, 0.5) is 0 Å². The van der Waals surface area contributed by atoms with E-state index in [-0.39, 0.29) is 33.7 Å². The molecule has 0 saturated carbocycles. The van der Waals surface area contributed by atoms with Crippen molar-refractivity contribution in [2.45, 2.75) is 0 Å². The molecule has 1 aliphatic rings. The molecule has 31 heavy (non-hydrogen) atoms. The number of phenolic OH excluding ortho intramolecular Hbond substituents is 1. The Morgan fingerprint density at radius 1 is 1.00 bits per heavy atom. The van der Waals surface area contributed by atoms with Gasteiger partial charge in [0, 0.05) is 0 Å². The van der Waals surface area contributed by atoms with Crippen molar-refractivity contribution in [3.8, 4) is 11.5 Å². The van der Waals surface area contributed by atoms with Gasteiger partial charge in [0.15, 0.2) is 17.2 Å². The first-order valence-corrected chi connectivity index (χ1v) is 9.75. The van der Waals surface area contributed by atoms with Crippen LogP contribution < -0.4 is 4.74 Å². The van der Waals surface area contributed by atoms with Gasteiger partial charge in [0.2, 0.25) is 5.90 Å². The SMILES string of the molecule is O=C1OC(c2ccccc2Cl)=N/C1=C/c1ccc(OC(=O)c2ccccc2Cl)c(O)c1. The number of hydrogen-bond donors (Lipinski definition) is 1. The summed E-state index contributed by atoms with van der Waals surface area (Å²) in [6.45, 7) is 0. The van der Waals surface area contributed by atoms with E-state index in [0.29, 0.717) is 16.1 Å². The first-order valence-electron chi connectivity index (χ1n) is 8.99. The zero-order chi connectivity index (χ0) is 22.0. The van der Waals surface area contributed by atoms with Crippen LogP contribution in [0.5, 0.6) is 11.5 Å². The molecule has 6 nitrogen and oxygen atoms in total. The lowest BCUT2D eigenvalue weighted by molar-refractivity contribution is -0.129. The van der Waals surface area contributed by atoms with E-state index in [1.165, 1.54) is 24.3 Å². The summed E-state index contributed by atoms with van der Waals surface area (Å²) in [7, 11) is 0. The summed E-state index contributed by atoms with van der Waals surface area (Å²) in [6.07, 6.45) is 1.44. The highest BCUT2D eigenvalue weighted by Gasteiger charge is 2.25. The van der Waals surface area contributed by atoms with E-state index < -0.39 is 11.9 Å². The number of aromatic hydroxyl groups is 1. The topological polar surface area (TPSA) is 85.2 Å². The molecule has 4 rings (SSSR count). The Hall–Kier alpha value is -3.61. The highest BCUT2D eigenvalue weighted by atomic mass is 35.5. The average Bonchev–Trinajstić information content (AvgIpc) is 3.10. The van der Waals surface area contributed by atoms with Gasteiger partial charge in [-0.2, -0.15) is 0 Å². The van der Waals surface area contributed by atoms with Gasteiger partial charge in [-0.25, -0.2) is 14.6 Å². The van der Waals surface area contributed by atoms with E-state index in [9.17, 15) is 14.7 Å². The first-order chi connectivity index (χ1) is 14.9. The molecule has 0 bridgehead atoms. The zero-order valence-corrected chi connectivity index (χ0v) is 17.2. The minimum absolute atomic E-state index is 0.0372. The number of halogens is 2. The Balaban J connectivity index is 1.56. The molecule has 1 N–H and O–H groups in total. The largest absolute Gasteiger partial charge is 0.504 e. The van der Waals surface area contributed by atoms with Crippen molar-refractivity contribution in [3.05, 3.63) is 99.2 Å². The van der Waals surface area contributed by atoms with E-state index in [0.717, 1.165) is 0 Å². The van der Waals surface area contributed by atoms with Crippen LogP contribution in [0.25, 0.3) is 6.08 Å². The summed E-state index contributed by atoms with van der Waals surface area (Å²) in [6, 6.07) is 17.5. The van der Waals surface area contributed by atoms with Crippen LogP contribution in [0.2, 0.25) is 10.0 Å². The smallest absolute Gasteiger partial charge is 0.363 e. The van der Waals surface area contributed by atoms with Crippen LogP contribution in [-0.2, 0) is 9.53 Å². The van der Waals surface area contributed by atoms with Gasteiger partial charge in [-0.05, 0) is 48.0 Å². The molecule has 154 valence electrons. The first kappa shape index (κ1) is 20.7. The number of nitrogens with zero attached hydrogens (tertiary/aromatic N) is 1. The third-order valence-electron chi connectivity index (χ3n) is 4.31. The normalized spacial score (nSPS) is 14.3. The molecule has 0 amide bonds. The maximum Gasteiger partial charge on any atom is 0.363 e. The van der Waals surface area contributed by atoms with Gasteiger partial charge in [0.05, 0.1) is 21.2 Å². The van der Waals surface area contributed by atoms with E-state index in [4.69, 9.17) is 32.7 Å². The van der Waals surface area contributed by atoms with Crippen LogP contribution in [0.1, 0.15) is 21.5 Å². The number of carbonyl (C=O) groups excluding carboxylic acids is 2. The molecule has 0 saturated heterocycles. The molecule has 0 atom stereocenters. The van der Waals surface area contributed by atoms with Gasteiger partial charge >= 0.3 is 11.9 Å². The standard InChI is InChI=1S/C23H13Cl2NO5/c24-16-7-3-1-5-14(16)21-26-18(23(29)31-21)11-13-9-10-20(19(27)12-13)30-22(28)15-6-2-4-8-17(15)25/h1-12,27H/b18-11+. The fourth-order valence-electron chi connectivity index (χ4n) is 2.81. The Morgan fingerprint density at radius 3 is 2.42 bits per heavy atom. The van der Waals surface area contributed by atoms with Crippen LogP contribution in [0.15, 0.2) is 77.4 Å². The highest BCUT2D eigenvalue weighted by molar-refractivity contribution is 6.34. The molecular weight excluding hydrogens is 441 g/mol. The van der Waals surface area contributed by atoms with Crippen molar-refractivity contribution in [1.29, 1.82) is 0 Å². The molecule has 0 unspecified atom stereocenters. The van der Waals surface area contributed by atoms with Gasteiger partial charge < -0.3 is 14.6 Å². The zero-order valence-electron chi connectivity index (χ0n) is 15.7. The number of hydrogen-bond acceptors (Lipinski definition) is 6. The molecule has 3 aromatic carbocycles. The Morgan fingerprint density at radius 2 is 1.71 bits per heavy atom. The second kappa shape index (κ2) is 8.63. The number of benzene rings is 3. The third kappa shape index (κ3) is 4.45. The van der Waals surface area contributed by atoms with Crippen molar-refractivity contribution in [1.82, 2.24) is 0 Å². The molecule has 1 heterocycles. The number of esters is 2. The van der Waals surface area contributed by atoms with Gasteiger partial charge in [0.1, 0.15) is 0 Å². The van der Waals surface area contributed by atoms with Crippen molar-refractivity contribution in [2.24, 2.45) is 4.99 Å². The van der Waals surface area contributed by atoms with Crippen LogP contribution in [0.3, 0.4) is 0 Å². The number of rotatable bonds is 4. The number of phenols is 1. The van der Waals surface area contributed by atoms with Crippen molar-refractivity contribution in [2.75, 3.05) is 0 Å². The Bertz CT molecular complexity index is 1270. The summed E-state index contributed by atoms with van der Waals surface area (Å²) in [5.41, 5.74) is 1.15. The van der Waals surface area contributed by atoms with Crippen molar-refractivity contribution < 1.29 is 24.2 Å². The summed E-state index contributed by atoms with van der Waals surface area (Å²) in [5, 5.41) is 10.9. The van der Waals surface area contributed by atoms with Crippen molar-refractivity contribution >= 4 is 47.1 Å². The second-order valence-corrected chi connectivity index (χ2v) is 7.23. The van der Waals surface area contributed by atoms with Gasteiger partial charge in [-0.3, -0.25) is 0 Å². The predicted octanol–water partition coefficient (Wildman–Crippen LogP) is 5.26. The van der Waals surface area contributed by atoms with Crippen molar-refractivity contribution in [3.63, 3.8) is 0 Å². The molecule has 0 radical (unpaired) electrons. The van der Waals surface area contributed by atoms with Crippen LogP contribution >= 0.6 is 23.2 Å². The molecule has 1 aliphatic heterocycles. The Kier molecular flexibility index (Phi) is 5.75. The van der Waals surface area contributed by atoms with E-state index >= 15 is 0 Å². The maximum absolute atomic E-state index is 12.3. The van der Waals surface area contributed by atoms with Gasteiger partial charge in [-0.1, -0.05) is 53.5 Å². The quantitative estimate of drug-likeness (QED) is 0.330. The highest BCUT2D eigenvalue weighted by Crippen LogP contribution is 2.30. The van der Waals surface area contributed by atoms with E-state index in [1.807, 2.05) is 0 Å². The summed E-state index contributed by atoms with van der Waals surface area (Å²) in [4.78, 5) is 28.6. The third-order valence-corrected chi connectivity index (χ3v) is 4.97. The van der Waals surface area contributed by atoms with Gasteiger partial charge in [-0.15, -0.1) is 0 Å². The molecule has 3 aromatic rings. The minimum atomic E-state index is -0.708. The lowest BCUT2D eigenvalue weighted by Gasteiger charge is -2.08. The number of aliphatic imine (C=N–C) groups is 1. The molecular formula is C23H13Cl2NO5. The number of ether oxygens (including phenoxy) is 2. The predicted molar refractivity (Wildman–Crippen MR) is 117 cm³/mol. The van der Waals surface area contributed by atoms with E-state index in [2.05, 4.69) is 4.99 Å². The monoisotopic (exact) mass is 453 g/mol. The van der Waals surface area contributed by atoms with Gasteiger partial charge in [0.25, 0.3) is 0 Å². The average molecular weight is 454 g/mol. The summed E-state index contributed by atoms with van der Waals surface area (Å²) < 4.78 is 10.4. The molecule has 8 heteroatoms. The molecule has 0 fully saturated rings. The lowest BCUT2D eigenvalue weighted by Crippen LogP contribution is -2.09. The van der Waals surface area contributed by atoms with E-state index in [1.54, 1.807) is 48.5 Å². The molecule has 0 aromatic heterocycles. The lowest BCUT2D eigenvalue weighted by atomic mass is 10.1. The Labute approximate surface area is 187 Å². The summed E-state index contributed by atoms with van der Waals surface area (Å²) in [5.74, 6) is -1.61. The second-order valence-electron chi connectivity index (χ2n) is 6.41.